The molecule has 254 valence electrons. The average Bonchev–Trinajstić information content (AvgIpc) is 3.96. The van der Waals surface area contributed by atoms with Crippen LogP contribution in [0.25, 0.3) is 55.5 Å². The number of hydrogen-bond donors (Lipinski definition) is 0. The van der Waals surface area contributed by atoms with Gasteiger partial charge in [-0.15, -0.1) is 0 Å². The van der Waals surface area contributed by atoms with Crippen LogP contribution in [0.1, 0.15) is 55.1 Å². The summed E-state index contributed by atoms with van der Waals surface area (Å²) in [6.07, 6.45) is 0. The molecule has 0 radical (unpaired) electrons. The van der Waals surface area contributed by atoms with Crippen molar-refractivity contribution in [2.75, 3.05) is 0 Å². The van der Waals surface area contributed by atoms with Gasteiger partial charge in [0.1, 0.15) is 11.2 Å². The zero-order chi connectivity index (χ0) is 36.0. The summed E-state index contributed by atoms with van der Waals surface area (Å²) >= 11 is 0. The number of carbonyl (C=O) groups excluding carboxylic acids is 1. The molecule has 4 aliphatic rings. The molecule has 13 rings (SSSR count). The SMILES string of the molecule is O=C1c2cc(-c3ccc4c(c3)C3(c5ccccc5-c5ccccc53)c3ccccc3-4)ccc2C2(c3ccccc3-c3ccccc32)c2nc3ccccc3n21. The third kappa shape index (κ3) is 3.31. The number of para-hydroxylation sites is 2. The van der Waals surface area contributed by atoms with E-state index in [0.717, 1.165) is 44.7 Å². The van der Waals surface area contributed by atoms with Crippen molar-refractivity contribution in [3.05, 3.63) is 232 Å². The van der Waals surface area contributed by atoms with Gasteiger partial charge in [-0.2, -0.15) is 0 Å². The largest absolute Gasteiger partial charge is 0.268 e. The summed E-state index contributed by atoms with van der Waals surface area (Å²) in [5.41, 5.74) is 19.3. The van der Waals surface area contributed by atoms with Crippen molar-refractivity contribution in [1.29, 1.82) is 0 Å². The van der Waals surface area contributed by atoms with Gasteiger partial charge < -0.3 is 0 Å². The summed E-state index contributed by atoms with van der Waals surface area (Å²) < 4.78 is 1.89. The van der Waals surface area contributed by atoms with Gasteiger partial charge in [0.05, 0.1) is 16.4 Å². The van der Waals surface area contributed by atoms with Crippen LogP contribution in [0.5, 0.6) is 0 Å². The first-order chi connectivity index (χ1) is 27.2. The van der Waals surface area contributed by atoms with Crippen LogP contribution < -0.4 is 0 Å². The Balaban J connectivity index is 1.08. The Morgan fingerprint density at radius 2 is 0.782 bits per heavy atom. The Bertz CT molecular complexity index is 3090. The number of nitrogens with zero attached hydrogens (tertiary/aromatic N) is 2. The molecule has 3 heteroatoms. The van der Waals surface area contributed by atoms with E-state index in [0.29, 0.717) is 5.56 Å². The van der Waals surface area contributed by atoms with E-state index in [9.17, 15) is 0 Å². The molecular weight excluding hydrogens is 669 g/mol. The highest BCUT2D eigenvalue weighted by molar-refractivity contribution is 6.08. The first-order valence-corrected chi connectivity index (χ1v) is 19.0. The molecule has 0 atom stereocenters. The zero-order valence-corrected chi connectivity index (χ0v) is 29.6. The lowest BCUT2D eigenvalue weighted by Gasteiger charge is -2.37. The first-order valence-electron chi connectivity index (χ1n) is 19.0. The first kappa shape index (κ1) is 29.4. The second-order valence-corrected chi connectivity index (χ2v) is 15.3. The standard InChI is InChI=1S/C52H30N2O/c55-49-39-29-31(32-25-27-38-37-17-3-8-20-42(37)51(46(38)30-32)40-18-6-1-13-33(40)34-14-2-7-19-41(34)51)26-28-45(39)52(50-53-47-23-11-12-24-48(47)54(49)50)43-21-9-4-15-35(43)36-16-5-10-22-44(36)52/h1-30H. The third-order valence-electron chi connectivity index (χ3n) is 13.0. The summed E-state index contributed by atoms with van der Waals surface area (Å²) in [7, 11) is 0. The smallest absolute Gasteiger partial charge is 0.264 e. The molecule has 3 aliphatic carbocycles. The molecule has 8 aromatic carbocycles. The predicted molar refractivity (Wildman–Crippen MR) is 218 cm³/mol. The maximum Gasteiger partial charge on any atom is 0.264 e. The Morgan fingerprint density at radius 1 is 0.364 bits per heavy atom. The van der Waals surface area contributed by atoms with Gasteiger partial charge in [0.25, 0.3) is 5.91 Å². The molecule has 0 amide bonds. The number of fused-ring (bicyclic) bond motifs is 21. The van der Waals surface area contributed by atoms with Crippen LogP contribution in [0.3, 0.4) is 0 Å². The third-order valence-corrected chi connectivity index (χ3v) is 13.0. The summed E-state index contributed by atoms with van der Waals surface area (Å²) in [6.45, 7) is 0. The van der Waals surface area contributed by atoms with E-state index in [4.69, 9.17) is 4.98 Å². The number of benzene rings is 8. The predicted octanol–water partition coefficient (Wildman–Crippen LogP) is 11.4. The lowest BCUT2D eigenvalue weighted by atomic mass is 9.68. The average molecular weight is 699 g/mol. The van der Waals surface area contributed by atoms with Crippen molar-refractivity contribution in [2.45, 2.75) is 10.8 Å². The fourth-order valence-electron chi connectivity index (χ4n) is 11.0. The van der Waals surface area contributed by atoms with Crippen LogP contribution in [-0.2, 0) is 10.8 Å². The molecule has 0 saturated carbocycles. The second-order valence-electron chi connectivity index (χ2n) is 15.3. The van der Waals surface area contributed by atoms with Crippen LogP contribution in [-0.4, -0.2) is 15.5 Å². The van der Waals surface area contributed by atoms with Crippen molar-refractivity contribution in [2.24, 2.45) is 0 Å². The summed E-state index contributed by atoms with van der Waals surface area (Å²) in [5, 5.41) is 0. The number of rotatable bonds is 1. The summed E-state index contributed by atoms with van der Waals surface area (Å²) in [6, 6.07) is 65.6. The molecule has 2 heterocycles. The van der Waals surface area contributed by atoms with E-state index in [1.165, 1.54) is 55.6 Å². The maximum atomic E-state index is 15.1. The van der Waals surface area contributed by atoms with Gasteiger partial charge in [0.2, 0.25) is 0 Å². The maximum absolute atomic E-state index is 15.1. The molecule has 3 nitrogen and oxygen atoms in total. The Hall–Kier alpha value is -7.10. The molecule has 55 heavy (non-hydrogen) atoms. The van der Waals surface area contributed by atoms with E-state index >= 15 is 4.79 Å². The fourth-order valence-corrected chi connectivity index (χ4v) is 11.0. The van der Waals surface area contributed by atoms with Crippen LogP contribution in [0, 0.1) is 0 Å². The molecule has 0 fully saturated rings. The Morgan fingerprint density at radius 3 is 1.35 bits per heavy atom. The van der Waals surface area contributed by atoms with Gasteiger partial charge in [-0.25, -0.2) is 4.98 Å². The molecule has 9 aromatic rings. The minimum absolute atomic E-state index is 0.0447. The highest BCUT2D eigenvalue weighted by Gasteiger charge is 2.54. The zero-order valence-electron chi connectivity index (χ0n) is 29.6. The number of hydrogen-bond acceptors (Lipinski definition) is 2. The number of aromatic nitrogens is 2. The van der Waals surface area contributed by atoms with Crippen molar-refractivity contribution in [3.63, 3.8) is 0 Å². The molecule has 1 aliphatic heterocycles. The van der Waals surface area contributed by atoms with Crippen molar-refractivity contribution >= 4 is 16.9 Å². The summed E-state index contributed by atoms with van der Waals surface area (Å²) in [5.74, 6) is 0.712. The van der Waals surface area contributed by atoms with Gasteiger partial charge in [-0.3, -0.25) is 9.36 Å². The monoisotopic (exact) mass is 698 g/mol. The van der Waals surface area contributed by atoms with Crippen molar-refractivity contribution < 1.29 is 4.79 Å². The minimum Gasteiger partial charge on any atom is -0.268 e. The minimum atomic E-state index is -0.755. The molecule has 0 bridgehead atoms. The van der Waals surface area contributed by atoms with E-state index in [1.807, 2.05) is 28.8 Å². The highest BCUT2D eigenvalue weighted by Crippen LogP contribution is 2.63. The van der Waals surface area contributed by atoms with Crippen LogP contribution in [0.4, 0.5) is 0 Å². The molecule has 1 aromatic heterocycles. The quantitative estimate of drug-likeness (QED) is 0.171. The van der Waals surface area contributed by atoms with Gasteiger partial charge in [-0.1, -0.05) is 158 Å². The lowest BCUT2D eigenvalue weighted by molar-refractivity contribution is 0.0951. The van der Waals surface area contributed by atoms with Gasteiger partial charge in [-0.05, 0) is 108 Å². The fraction of sp³-hybridized carbons (Fsp3) is 0.0385. The van der Waals surface area contributed by atoms with Gasteiger partial charge in [0.15, 0.2) is 0 Å². The van der Waals surface area contributed by atoms with E-state index < -0.39 is 10.8 Å². The van der Waals surface area contributed by atoms with Crippen molar-refractivity contribution in [3.8, 4) is 44.5 Å². The molecule has 2 spiro atoms. The Kier molecular flexibility index (Phi) is 5.39. The normalized spacial score (nSPS) is 15.2. The van der Waals surface area contributed by atoms with Crippen molar-refractivity contribution in [1.82, 2.24) is 9.55 Å². The lowest BCUT2D eigenvalue weighted by Crippen LogP contribution is -2.40. The number of carbonyl (C=O) groups is 1. The number of imidazole rings is 1. The highest BCUT2D eigenvalue weighted by atomic mass is 16.2. The van der Waals surface area contributed by atoms with E-state index in [-0.39, 0.29) is 5.91 Å². The van der Waals surface area contributed by atoms with Crippen LogP contribution in [0.15, 0.2) is 182 Å². The summed E-state index contributed by atoms with van der Waals surface area (Å²) in [4.78, 5) is 20.4. The van der Waals surface area contributed by atoms with E-state index in [1.54, 1.807) is 0 Å². The molecule has 0 unspecified atom stereocenters. The van der Waals surface area contributed by atoms with Crippen LogP contribution >= 0.6 is 0 Å². The Labute approximate surface area is 317 Å². The molecule has 0 N–H and O–H groups in total. The van der Waals surface area contributed by atoms with Gasteiger partial charge in [0, 0.05) is 5.56 Å². The van der Waals surface area contributed by atoms with Crippen LogP contribution in [0.2, 0.25) is 0 Å². The molecular formula is C52H30N2O. The molecule has 0 saturated heterocycles. The van der Waals surface area contributed by atoms with E-state index in [2.05, 4.69) is 158 Å². The second kappa shape index (κ2) is 10.1. The van der Waals surface area contributed by atoms with Gasteiger partial charge >= 0.3 is 0 Å². The topological polar surface area (TPSA) is 34.9 Å².